The summed E-state index contributed by atoms with van der Waals surface area (Å²) in [6.07, 6.45) is 5.88. The molecule has 136 valence electrons. The van der Waals surface area contributed by atoms with E-state index in [4.69, 9.17) is 0 Å². The SMILES string of the molecule is CN1CC=C(CNC(=O)[C@H]2CCC(=O)N(C)[C@@H]2c2ccnn2C)CC1. The average Bonchev–Trinajstić information content (AvgIpc) is 3.02. The van der Waals surface area contributed by atoms with Gasteiger partial charge in [0.2, 0.25) is 11.8 Å². The van der Waals surface area contributed by atoms with Crippen molar-refractivity contribution in [1.29, 1.82) is 0 Å². The summed E-state index contributed by atoms with van der Waals surface area (Å²) in [4.78, 5) is 29.0. The van der Waals surface area contributed by atoms with Crippen molar-refractivity contribution in [3.8, 4) is 0 Å². The van der Waals surface area contributed by atoms with Crippen LogP contribution in [-0.2, 0) is 16.6 Å². The number of rotatable bonds is 4. The summed E-state index contributed by atoms with van der Waals surface area (Å²) >= 11 is 0. The number of nitrogens with one attached hydrogen (secondary N) is 1. The summed E-state index contributed by atoms with van der Waals surface area (Å²) in [7, 11) is 5.72. The van der Waals surface area contributed by atoms with E-state index in [-0.39, 0.29) is 23.8 Å². The van der Waals surface area contributed by atoms with Crippen molar-refractivity contribution in [3.63, 3.8) is 0 Å². The van der Waals surface area contributed by atoms with Crippen molar-refractivity contribution in [1.82, 2.24) is 24.9 Å². The fourth-order valence-electron chi connectivity index (χ4n) is 3.70. The van der Waals surface area contributed by atoms with Crippen molar-refractivity contribution in [2.75, 3.05) is 33.7 Å². The number of nitrogens with zero attached hydrogens (tertiary/aromatic N) is 4. The maximum Gasteiger partial charge on any atom is 0.225 e. The average molecular weight is 345 g/mol. The van der Waals surface area contributed by atoms with Gasteiger partial charge in [0.25, 0.3) is 0 Å². The van der Waals surface area contributed by atoms with Crippen LogP contribution in [0.5, 0.6) is 0 Å². The largest absolute Gasteiger partial charge is 0.352 e. The first kappa shape index (κ1) is 17.7. The highest BCUT2D eigenvalue weighted by atomic mass is 16.2. The van der Waals surface area contributed by atoms with Gasteiger partial charge in [-0.1, -0.05) is 11.6 Å². The second-order valence-corrected chi connectivity index (χ2v) is 7.07. The molecule has 1 N–H and O–H groups in total. The van der Waals surface area contributed by atoms with E-state index in [9.17, 15) is 9.59 Å². The van der Waals surface area contributed by atoms with Crippen LogP contribution in [0.3, 0.4) is 0 Å². The molecule has 1 fully saturated rings. The molecular weight excluding hydrogens is 318 g/mol. The number of hydrogen-bond donors (Lipinski definition) is 1. The third kappa shape index (κ3) is 3.76. The molecule has 0 aliphatic carbocycles. The molecule has 2 amide bonds. The Hall–Kier alpha value is -2.15. The van der Waals surface area contributed by atoms with Crippen LogP contribution in [0.1, 0.15) is 31.0 Å². The minimum atomic E-state index is -0.264. The van der Waals surface area contributed by atoms with Crippen molar-refractivity contribution < 1.29 is 9.59 Å². The Kier molecular flexibility index (Phi) is 5.22. The molecule has 0 saturated carbocycles. The number of amides is 2. The van der Waals surface area contributed by atoms with E-state index in [2.05, 4.69) is 28.4 Å². The molecule has 0 bridgehead atoms. The lowest BCUT2D eigenvalue weighted by Gasteiger charge is -2.38. The molecule has 3 rings (SSSR count). The van der Waals surface area contributed by atoms with Crippen molar-refractivity contribution in [2.45, 2.75) is 25.3 Å². The number of piperidine rings is 1. The second kappa shape index (κ2) is 7.39. The highest BCUT2D eigenvalue weighted by molar-refractivity contribution is 5.84. The summed E-state index contributed by atoms with van der Waals surface area (Å²) in [6.45, 7) is 2.56. The minimum Gasteiger partial charge on any atom is -0.352 e. The summed E-state index contributed by atoms with van der Waals surface area (Å²) in [5.41, 5.74) is 2.18. The molecule has 1 aromatic rings. The maximum absolute atomic E-state index is 12.9. The van der Waals surface area contributed by atoms with Crippen LogP contribution in [-0.4, -0.2) is 65.1 Å². The molecular formula is C18H27N5O2. The number of likely N-dealkylation sites (N-methyl/N-ethyl adjacent to an activating group) is 1. The third-order valence-electron chi connectivity index (χ3n) is 5.36. The van der Waals surface area contributed by atoms with Gasteiger partial charge in [0.15, 0.2) is 0 Å². The predicted octanol–water partition coefficient (Wildman–Crippen LogP) is 0.708. The smallest absolute Gasteiger partial charge is 0.225 e. The Morgan fingerprint density at radius 2 is 2.12 bits per heavy atom. The molecule has 7 nitrogen and oxygen atoms in total. The van der Waals surface area contributed by atoms with Crippen LogP contribution in [0.4, 0.5) is 0 Å². The number of aryl methyl sites for hydroxylation is 1. The first-order chi connectivity index (χ1) is 12.0. The Morgan fingerprint density at radius 1 is 1.32 bits per heavy atom. The third-order valence-corrected chi connectivity index (χ3v) is 5.36. The van der Waals surface area contributed by atoms with Gasteiger partial charge >= 0.3 is 0 Å². The normalized spacial score (nSPS) is 25.0. The van der Waals surface area contributed by atoms with E-state index in [0.29, 0.717) is 19.4 Å². The molecule has 7 heteroatoms. The Balaban J connectivity index is 1.71. The second-order valence-electron chi connectivity index (χ2n) is 7.07. The predicted molar refractivity (Wildman–Crippen MR) is 94.6 cm³/mol. The van der Waals surface area contributed by atoms with E-state index in [1.807, 2.05) is 13.1 Å². The standard InChI is InChI=1S/C18H27N5O2/c1-21-10-7-13(8-11-21)12-19-18(25)14-4-5-16(24)22(2)17(14)15-6-9-20-23(15)3/h6-7,9,14,17H,4-5,8,10-12H2,1-3H3,(H,19,25)/t14-,17-/m0/s1. The van der Waals surface area contributed by atoms with Gasteiger partial charge in [-0.2, -0.15) is 5.10 Å². The highest BCUT2D eigenvalue weighted by Crippen LogP contribution is 2.35. The topological polar surface area (TPSA) is 70.5 Å². The van der Waals surface area contributed by atoms with Crippen molar-refractivity contribution in [3.05, 3.63) is 29.6 Å². The van der Waals surface area contributed by atoms with Gasteiger partial charge in [0, 0.05) is 46.3 Å². The monoisotopic (exact) mass is 345 g/mol. The molecule has 0 spiro atoms. The van der Waals surface area contributed by atoms with Crippen molar-refractivity contribution >= 4 is 11.8 Å². The lowest BCUT2D eigenvalue weighted by Crippen LogP contribution is -2.47. The zero-order chi connectivity index (χ0) is 18.0. The number of aromatic nitrogens is 2. The molecule has 0 radical (unpaired) electrons. The quantitative estimate of drug-likeness (QED) is 0.816. The van der Waals surface area contributed by atoms with Crippen LogP contribution in [0, 0.1) is 5.92 Å². The van der Waals surface area contributed by atoms with E-state index < -0.39 is 0 Å². The zero-order valence-electron chi connectivity index (χ0n) is 15.2. The van der Waals surface area contributed by atoms with Gasteiger partial charge in [-0.3, -0.25) is 14.3 Å². The number of carbonyl (C=O) groups excluding carboxylic acids is 2. The molecule has 3 heterocycles. The fraction of sp³-hybridized carbons (Fsp3) is 0.611. The van der Waals surface area contributed by atoms with Crippen LogP contribution in [0.25, 0.3) is 0 Å². The lowest BCUT2D eigenvalue weighted by molar-refractivity contribution is -0.141. The first-order valence-electron chi connectivity index (χ1n) is 8.85. The number of hydrogen-bond acceptors (Lipinski definition) is 4. The van der Waals surface area contributed by atoms with Crippen LogP contribution < -0.4 is 5.32 Å². The Morgan fingerprint density at radius 3 is 2.76 bits per heavy atom. The van der Waals surface area contributed by atoms with E-state index in [1.165, 1.54) is 5.57 Å². The molecule has 25 heavy (non-hydrogen) atoms. The first-order valence-corrected chi connectivity index (χ1v) is 8.85. The van der Waals surface area contributed by atoms with Crippen LogP contribution in [0.2, 0.25) is 0 Å². The molecule has 0 aromatic carbocycles. The number of carbonyl (C=O) groups is 2. The lowest BCUT2D eigenvalue weighted by atomic mass is 9.86. The van der Waals surface area contributed by atoms with E-state index >= 15 is 0 Å². The summed E-state index contributed by atoms with van der Waals surface area (Å²) in [5.74, 6) is -0.149. The fourth-order valence-corrected chi connectivity index (χ4v) is 3.70. The van der Waals surface area contributed by atoms with Gasteiger partial charge in [-0.15, -0.1) is 0 Å². The van der Waals surface area contributed by atoms with E-state index in [1.54, 1.807) is 22.8 Å². The van der Waals surface area contributed by atoms with Crippen molar-refractivity contribution in [2.24, 2.45) is 13.0 Å². The summed E-state index contributed by atoms with van der Waals surface area (Å²) in [5, 5.41) is 7.30. The van der Waals surface area contributed by atoms with Gasteiger partial charge in [0.05, 0.1) is 17.7 Å². The van der Waals surface area contributed by atoms with Crippen LogP contribution in [0.15, 0.2) is 23.9 Å². The molecule has 0 unspecified atom stereocenters. The van der Waals surface area contributed by atoms with Crippen LogP contribution >= 0.6 is 0 Å². The van der Waals surface area contributed by atoms with Gasteiger partial charge < -0.3 is 15.1 Å². The van der Waals surface area contributed by atoms with E-state index in [0.717, 1.165) is 25.2 Å². The molecule has 2 aliphatic rings. The highest BCUT2D eigenvalue weighted by Gasteiger charge is 2.40. The van der Waals surface area contributed by atoms with Gasteiger partial charge in [-0.05, 0) is 26.0 Å². The minimum absolute atomic E-state index is 0.0189. The van der Waals surface area contributed by atoms with Gasteiger partial charge in [0.1, 0.15) is 0 Å². The molecule has 2 atom stereocenters. The summed E-state index contributed by atoms with van der Waals surface area (Å²) in [6, 6.07) is 1.62. The molecule has 1 saturated heterocycles. The Labute approximate surface area is 148 Å². The molecule has 1 aromatic heterocycles. The summed E-state index contributed by atoms with van der Waals surface area (Å²) < 4.78 is 1.75. The molecule has 2 aliphatic heterocycles. The Bertz CT molecular complexity index is 681. The zero-order valence-corrected chi connectivity index (χ0v) is 15.2. The van der Waals surface area contributed by atoms with Gasteiger partial charge in [-0.25, -0.2) is 0 Å². The number of likely N-dealkylation sites (tertiary alicyclic amines) is 1. The maximum atomic E-state index is 12.9.